The van der Waals surface area contributed by atoms with Crippen molar-refractivity contribution in [1.82, 2.24) is 20.3 Å². The molecule has 8 nitrogen and oxygen atoms in total. The molecule has 2 fully saturated rings. The van der Waals surface area contributed by atoms with Gasteiger partial charge in [0.1, 0.15) is 0 Å². The van der Waals surface area contributed by atoms with Gasteiger partial charge in [-0.2, -0.15) is 13.2 Å². The largest absolute Gasteiger partial charge is 0.418 e. The zero-order chi connectivity index (χ0) is 26.4. The molecule has 38 heavy (non-hydrogen) atoms. The summed E-state index contributed by atoms with van der Waals surface area (Å²) in [6, 6.07) is 10.4. The summed E-state index contributed by atoms with van der Waals surface area (Å²) < 4.78 is 43.7. The Kier molecular flexibility index (Phi) is 6.17. The molecule has 198 valence electrons. The van der Waals surface area contributed by atoms with E-state index in [1.165, 1.54) is 18.9 Å². The zero-order valence-electron chi connectivity index (χ0n) is 20.9. The number of alkyl halides is 3. The molecule has 0 radical (unpaired) electrons. The zero-order valence-corrected chi connectivity index (χ0v) is 20.9. The highest BCUT2D eigenvalue weighted by Crippen LogP contribution is 2.44. The summed E-state index contributed by atoms with van der Waals surface area (Å²) in [4.78, 5) is 19.1. The number of carbonyl (C=O) groups is 1. The molecule has 1 aromatic heterocycles. The van der Waals surface area contributed by atoms with Gasteiger partial charge in [0.25, 0.3) is 0 Å². The van der Waals surface area contributed by atoms with E-state index in [1.807, 2.05) is 24.3 Å². The Morgan fingerprint density at radius 3 is 2.71 bits per heavy atom. The molecule has 3 aliphatic rings. The normalized spacial score (nSPS) is 17.5. The van der Waals surface area contributed by atoms with Gasteiger partial charge in [-0.25, -0.2) is 4.68 Å². The first-order chi connectivity index (χ1) is 18.2. The van der Waals surface area contributed by atoms with Crippen molar-refractivity contribution in [1.29, 1.82) is 0 Å². The highest BCUT2D eigenvalue weighted by Gasteiger charge is 2.37. The summed E-state index contributed by atoms with van der Waals surface area (Å²) >= 11 is 0. The Morgan fingerprint density at radius 2 is 1.97 bits per heavy atom. The Balaban J connectivity index is 1.37. The fourth-order valence-electron chi connectivity index (χ4n) is 4.74. The Labute approximate surface area is 217 Å². The van der Waals surface area contributed by atoms with Gasteiger partial charge in [0.2, 0.25) is 5.91 Å². The van der Waals surface area contributed by atoms with E-state index in [0.717, 1.165) is 30.3 Å². The highest BCUT2D eigenvalue weighted by molar-refractivity contribution is 6.17. The van der Waals surface area contributed by atoms with Crippen LogP contribution in [0.25, 0.3) is 5.69 Å². The van der Waals surface area contributed by atoms with Crippen molar-refractivity contribution in [3.63, 3.8) is 0 Å². The van der Waals surface area contributed by atoms with Crippen LogP contribution >= 0.6 is 0 Å². The molecule has 2 aliphatic carbocycles. The van der Waals surface area contributed by atoms with Crippen LogP contribution in [0.15, 0.2) is 47.6 Å². The fourth-order valence-corrected chi connectivity index (χ4v) is 4.74. The van der Waals surface area contributed by atoms with Gasteiger partial charge in [-0.05, 0) is 61.4 Å². The third-order valence-corrected chi connectivity index (χ3v) is 7.11. The standard InChI is InChI=1S/C27H28F3N7O/c1-36(15-16-5-6-16)25-11-24-23(10-21(25)27(28,29)30)34-26(38)12-22(33-24)17-3-2-4-19(9-17)37-20(14-32-35-37)13-31-18-7-8-18/h2-4,9-11,14,16,18,31H,5-8,12-13,15H2,1H3,(H,34,38). The summed E-state index contributed by atoms with van der Waals surface area (Å²) in [6.07, 6.45) is 1.47. The van der Waals surface area contributed by atoms with Gasteiger partial charge in [0.15, 0.2) is 0 Å². The number of hydrogen-bond donors (Lipinski definition) is 2. The van der Waals surface area contributed by atoms with E-state index in [9.17, 15) is 18.0 Å². The second-order valence-corrected chi connectivity index (χ2v) is 10.3. The number of nitrogens with zero attached hydrogens (tertiary/aromatic N) is 5. The van der Waals surface area contributed by atoms with Crippen LogP contribution in [0.5, 0.6) is 0 Å². The van der Waals surface area contributed by atoms with E-state index in [-0.39, 0.29) is 17.8 Å². The van der Waals surface area contributed by atoms with Crippen molar-refractivity contribution in [3.8, 4) is 5.69 Å². The number of carbonyl (C=O) groups excluding carboxylic acids is 1. The lowest BCUT2D eigenvalue weighted by molar-refractivity contribution is -0.137. The van der Waals surface area contributed by atoms with Crippen LogP contribution in [0.4, 0.5) is 30.2 Å². The number of benzene rings is 2. The summed E-state index contributed by atoms with van der Waals surface area (Å²) in [6.45, 7) is 1.18. The van der Waals surface area contributed by atoms with Gasteiger partial charge in [-0.15, -0.1) is 5.10 Å². The number of amides is 1. The third-order valence-electron chi connectivity index (χ3n) is 7.11. The van der Waals surface area contributed by atoms with Crippen molar-refractivity contribution in [2.45, 2.75) is 50.9 Å². The minimum atomic E-state index is -4.57. The molecule has 1 amide bonds. The smallest absolute Gasteiger partial charge is 0.374 e. The highest BCUT2D eigenvalue weighted by atomic mass is 19.4. The molecule has 0 unspecified atom stereocenters. The number of fused-ring (bicyclic) bond motifs is 1. The predicted molar refractivity (Wildman–Crippen MR) is 138 cm³/mol. The van der Waals surface area contributed by atoms with E-state index in [2.05, 4.69) is 20.9 Å². The predicted octanol–water partition coefficient (Wildman–Crippen LogP) is 4.85. The van der Waals surface area contributed by atoms with Crippen molar-refractivity contribution in [3.05, 3.63) is 59.4 Å². The number of halogens is 3. The van der Waals surface area contributed by atoms with E-state index < -0.39 is 17.6 Å². The number of anilines is 2. The summed E-state index contributed by atoms with van der Waals surface area (Å²) in [5.41, 5.74) is 2.47. The molecule has 0 bridgehead atoms. The molecule has 6 rings (SSSR count). The van der Waals surface area contributed by atoms with Crippen molar-refractivity contribution in [2.24, 2.45) is 10.9 Å². The maximum absolute atomic E-state index is 14.0. The van der Waals surface area contributed by atoms with Gasteiger partial charge in [0, 0.05) is 26.2 Å². The van der Waals surface area contributed by atoms with E-state index in [1.54, 1.807) is 22.8 Å². The van der Waals surface area contributed by atoms with E-state index in [4.69, 9.17) is 4.99 Å². The van der Waals surface area contributed by atoms with Crippen molar-refractivity contribution < 1.29 is 18.0 Å². The van der Waals surface area contributed by atoms with Gasteiger partial charge in [-0.1, -0.05) is 17.3 Å². The number of aromatic nitrogens is 3. The molecule has 2 N–H and O–H groups in total. The monoisotopic (exact) mass is 523 g/mol. The second kappa shape index (κ2) is 9.54. The Morgan fingerprint density at radius 1 is 1.16 bits per heavy atom. The van der Waals surface area contributed by atoms with E-state index >= 15 is 0 Å². The molecular formula is C27H28F3N7O. The first-order valence-corrected chi connectivity index (χ1v) is 12.8. The maximum Gasteiger partial charge on any atom is 0.418 e. The molecule has 0 spiro atoms. The topological polar surface area (TPSA) is 87.4 Å². The summed E-state index contributed by atoms with van der Waals surface area (Å²) in [7, 11) is 1.67. The van der Waals surface area contributed by atoms with Crippen molar-refractivity contribution in [2.75, 3.05) is 23.8 Å². The van der Waals surface area contributed by atoms with Crippen molar-refractivity contribution >= 4 is 28.7 Å². The first-order valence-electron chi connectivity index (χ1n) is 12.8. The molecule has 0 atom stereocenters. The van der Waals surface area contributed by atoms with Crippen LogP contribution < -0.4 is 15.5 Å². The minimum absolute atomic E-state index is 0.0572. The van der Waals surface area contributed by atoms with Crippen LogP contribution in [-0.2, 0) is 17.5 Å². The van der Waals surface area contributed by atoms with Gasteiger partial charge in [0.05, 0.1) is 52.3 Å². The van der Waals surface area contributed by atoms with Gasteiger partial charge >= 0.3 is 6.18 Å². The molecule has 2 saturated carbocycles. The first kappa shape index (κ1) is 24.6. The Hall–Kier alpha value is -3.73. The number of hydrogen-bond acceptors (Lipinski definition) is 6. The molecule has 2 aromatic carbocycles. The molecule has 11 heteroatoms. The molecule has 3 aromatic rings. The van der Waals surface area contributed by atoms with Crippen LogP contribution in [0.1, 0.15) is 48.9 Å². The summed E-state index contributed by atoms with van der Waals surface area (Å²) in [5.74, 6) is -0.0160. The molecule has 0 saturated heterocycles. The fraction of sp³-hybridized carbons (Fsp3) is 0.407. The molecular weight excluding hydrogens is 495 g/mol. The molecule has 1 aliphatic heterocycles. The second-order valence-electron chi connectivity index (χ2n) is 10.3. The lowest BCUT2D eigenvalue weighted by Crippen LogP contribution is -2.24. The number of rotatable bonds is 8. The Bertz CT molecular complexity index is 1410. The lowest BCUT2D eigenvalue weighted by atomic mass is 10.1. The van der Waals surface area contributed by atoms with E-state index in [0.29, 0.717) is 42.0 Å². The number of aliphatic imine (C=N–C) groups is 1. The van der Waals surface area contributed by atoms with Crippen LogP contribution in [0, 0.1) is 5.92 Å². The lowest BCUT2D eigenvalue weighted by Gasteiger charge is -2.25. The average Bonchev–Trinajstić information content (AvgIpc) is 3.81. The van der Waals surface area contributed by atoms with Crippen LogP contribution in [0.2, 0.25) is 0 Å². The average molecular weight is 524 g/mol. The molecule has 2 heterocycles. The van der Waals surface area contributed by atoms with Crippen LogP contribution in [0.3, 0.4) is 0 Å². The quantitative estimate of drug-likeness (QED) is 0.441. The third kappa shape index (κ3) is 5.28. The number of nitrogens with one attached hydrogen (secondary N) is 2. The van der Waals surface area contributed by atoms with Gasteiger partial charge in [-0.3, -0.25) is 9.79 Å². The summed E-state index contributed by atoms with van der Waals surface area (Å²) in [5, 5.41) is 14.4. The van der Waals surface area contributed by atoms with Crippen LogP contribution in [-0.4, -0.2) is 46.2 Å². The SMILES string of the molecule is CN(CC1CC1)c1cc2c(cc1C(F)(F)F)NC(=O)CC(c1cccc(-n3nncc3CNC3CC3)c1)=N2. The van der Waals surface area contributed by atoms with Gasteiger partial charge < -0.3 is 15.5 Å². The maximum atomic E-state index is 14.0. The minimum Gasteiger partial charge on any atom is -0.374 e.